The van der Waals surface area contributed by atoms with Gasteiger partial charge in [0.1, 0.15) is 0 Å². The summed E-state index contributed by atoms with van der Waals surface area (Å²) in [5.41, 5.74) is 0. The van der Waals surface area contributed by atoms with Crippen LogP contribution in [0.4, 0.5) is 4.79 Å². The molecule has 0 rings (SSSR count). The molecule has 2 unspecified atom stereocenters. The summed E-state index contributed by atoms with van der Waals surface area (Å²) in [5, 5.41) is 8.88. The van der Waals surface area contributed by atoms with Crippen LogP contribution in [0.3, 0.4) is 0 Å². The third-order valence-corrected chi connectivity index (χ3v) is 1.68. The number of rotatable bonds is 4. The molecule has 1 N–H and O–H groups in total. The van der Waals surface area contributed by atoms with Crippen LogP contribution >= 0.6 is 0 Å². The molecule has 1 amide bonds. The largest absolute Gasteiger partial charge is 0.465 e. The molecule has 0 aliphatic rings. The molecular weight excluding hydrogens is 218 g/mol. The van der Waals surface area contributed by atoms with Gasteiger partial charge in [0.05, 0.1) is 0 Å². The average molecular weight is 233 g/mol. The highest BCUT2D eigenvalue weighted by molar-refractivity contribution is 5.69. The normalized spacial score (nSPS) is 13.5. The second kappa shape index (κ2) is 5.94. The lowest BCUT2D eigenvalue weighted by molar-refractivity contribution is -0.170. The van der Waals surface area contributed by atoms with Gasteiger partial charge in [0.25, 0.3) is 0 Å². The lowest BCUT2D eigenvalue weighted by Crippen LogP contribution is -2.47. The fourth-order valence-corrected chi connectivity index (χ4v) is 1.20. The molecule has 0 heterocycles. The van der Waals surface area contributed by atoms with E-state index in [-0.39, 0.29) is 0 Å². The molecule has 0 saturated heterocycles. The standard InChI is InChI=1S/C9H15NO6/c1-5(15-7(3)11)10(9(13)14)6(2)16-8(4)12/h5-6H,1-4H3,(H,13,14). The first-order valence-corrected chi connectivity index (χ1v) is 4.61. The van der Waals surface area contributed by atoms with Crippen molar-refractivity contribution in [3.05, 3.63) is 0 Å². The van der Waals surface area contributed by atoms with E-state index in [9.17, 15) is 14.4 Å². The van der Waals surface area contributed by atoms with Crippen LogP contribution in [0.1, 0.15) is 27.7 Å². The molecule has 7 nitrogen and oxygen atoms in total. The first-order chi connectivity index (χ1) is 7.25. The maximum atomic E-state index is 10.9. The minimum atomic E-state index is -1.34. The zero-order chi connectivity index (χ0) is 12.9. The molecule has 16 heavy (non-hydrogen) atoms. The van der Waals surface area contributed by atoms with E-state index < -0.39 is 30.5 Å². The van der Waals surface area contributed by atoms with E-state index in [1.165, 1.54) is 13.8 Å². The predicted octanol–water partition coefficient (Wildman–Crippen LogP) is 0.785. The molecule has 0 spiro atoms. The number of amides is 1. The predicted molar refractivity (Wildman–Crippen MR) is 52.3 cm³/mol. The third kappa shape index (κ3) is 4.63. The summed E-state index contributed by atoms with van der Waals surface area (Å²) >= 11 is 0. The van der Waals surface area contributed by atoms with Crippen molar-refractivity contribution < 1.29 is 29.0 Å². The summed E-state index contributed by atoms with van der Waals surface area (Å²) in [4.78, 5) is 33.0. The molecule has 0 aromatic carbocycles. The quantitative estimate of drug-likeness (QED) is 0.569. The molecule has 0 radical (unpaired) electrons. The van der Waals surface area contributed by atoms with Gasteiger partial charge in [-0.25, -0.2) is 9.69 Å². The summed E-state index contributed by atoms with van der Waals surface area (Å²) in [6, 6.07) is 0. The fraction of sp³-hybridized carbons (Fsp3) is 0.667. The molecule has 0 fully saturated rings. The van der Waals surface area contributed by atoms with Crippen LogP contribution in [-0.4, -0.2) is 40.5 Å². The molecule has 0 saturated carbocycles. The van der Waals surface area contributed by atoms with Crippen LogP contribution in [0, 0.1) is 0 Å². The number of carboxylic acid groups (broad SMARTS) is 1. The number of hydrogen-bond acceptors (Lipinski definition) is 5. The Hall–Kier alpha value is -1.79. The van der Waals surface area contributed by atoms with Crippen molar-refractivity contribution in [2.45, 2.75) is 40.2 Å². The van der Waals surface area contributed by atoms with Crippen LogP contribution in [0.2, 0.25) is 0 Å². The highest BCUT2D eigenvalue weighted by Gasteiger charge is 2.28. The monoisotopic (exact) mass is 233 g/mol. The van der Waals surface area contributed by atoms with E-state index in [1.807, 2.05) is 0 Å². The second-order valence-electron chi connectivity index (χ2n) is 3.11. The molecule has 0 aromatic rings. The van der Waals surface area contributed by atoms with E-state index in [0.717, 1.165) is 18.7 Å². The van der Waals surface area contributed by atoms with Crippen molar-refractivity contribution in [2.75, 3.05) is 0 Å². The van der Waals surface area contributed by atoms with Crippen molar-refractivity contribution in [1.29, 1.82) is 0 Å². The minimum Gasteiger partial charge on any atom is -0.465 e. The maximum Gasteiger partial charge on any atom is 0.413 e. The van der Waals surface area contributed by atoms with Gasteiger partial charge < -0.3 is 14.6 Å². The fourth-order valence-electron chi connectivity index (χ4n) is 1.20. The van der Waals surface area contributed by atoms with Gasteiger partial charge in [-0.1, -0.05) is 0 Å². The third-order valence-electron chi connectivity index (χ3n) is 1.68. The van der Waals surface area contributed by atoms with E-state index >= 15 is 0 Å². The smallest absolute Gasteiger partial charge is 0.413 e. The lowest BCUT2D eigenvalue weighted by atomic mass is 10.4. The summed E-state index contributed by atoms with van der Waals surface area (Å²) < 4.78 is 9.38. The molecule has 0 aliphatic heterocycles. The molecule has 0 aromatic heterocycles. The minimum absolute atomic E-state index is 0.617. The molecule has 0 aliphatic carbocycles. The van der Waals surface area contributed by atoms with Crippen molar-refractivity contribution in [3.8, 4) is 0 Å². The van der Waals surface area contributed by atoms with Crippen LogP contribution < -0.4 is 0 Å². The van der Waals surface area contributed by atoms with Crippen LogP contribution in [0.25, 0.3) is 0 Å². The molecule has 0 bridgehead atoms. The topological polar surface area (TPSA) is 93.1 Å². The van der Waals surface area contributed by atoms with Crippen molar-refractivity contribution in [1.82, 2.24) is 4.90 Å². The Morgan fingerprint density at radius 2 is 1.31 bits per heavy atom. The van der Waals surface area contributed by atoms with Crippen molar-refractivity contribution in [3.63, 3.8) is 0 Å². The molecule has 7 heteroatoms. The summed E-state index contributed by atoms with van der Waals surface area (Å²) in [6.45, 7) is 5.06. The van der Waals surface area contributed by atoms with Gasteiger partial charge in [-0.05, 0) is 13.8 Å². The van der Waals surface area contributed by atoms with Crippen molar-refractivity contribution in [2.24, 2.45) is 0 Å². The Kier molecular flexibility index (Phi) is 5.27. The van der Waals surface area contributed by atoms with Gasteiger partial charge in [-0.2, -0.15) is 0 Å². The molecule has 92 valence electrons. The highest BCUT2D eigenvalue weighted by Crippen LogP contribution is 2.09. The van der Waals surface area contributed by atoms with Gasteiger partial charge in [-0.3, -0.25) is 9.59 Å². The first-order valence-electron chi connectivity index (χ1n) is 4.61. The average Bonchev–Trinajstić information content (AvgIpc) is 1.98. The van der Waals surface area contributed by atoms with Gasteiger partial charge in [-0.15, -0.1) is 0 Å². The van der Waals surface area contributed by atoms with E-state index in [1.54, 1.807) is 0 Å². The van der Waals surface area contributed by atoms with Gasteiger partial charge in [0, 0.05) is 13.8 Å². The van der Waals surface area contributed by atoms with Gasteiger partial charge in [0.2, 0.25) is 0 Å². The Morgan fingerprint density at radius 3 is 1.50 bits per heavy atom. The summed E-state index contributed by atoms with van der Waals surface area (Å²) in [5.74, 6) is -1.23. The second-order valence-corrected chi connectivity index (χ2v) is 3.11. The zero-order valence-corrected chi connectivity index (χ0v) is 9.59. The van der Waals surface area contributed by atoms with Crippen LogP contribution in [-0.2, 0) is 19.1 Å². The Bertz CT molecular complexity index is 268. The van der Waals surface area contributed by atoms with Crippen LogP contribution in [0.5, 0.6) is 0 Å². The number of nitrogens with zero attached hydrogens (tertiary/aromatic N) is 1. The Balaban J connectivity index is 4.65. The van der Waals surface area contributed by atoms with Crippen molar-refractivity contribution >= 4 is 18.0 Å². The first kappa shape index (κ1) is 14.2. The van der Waals surface area contributed by atoms with Crippen LogP contribution in [0.15, 0.2) is 0 Å². The number of carbonyl (C=O) groups excluding carboxylic acids is 2. The van der Waals surface area contributed by atoms with Gasteiger partial charge in [0.15, 0.2) is 12.5 Å². The highest BCUT2D eigenvalue weighted by atomic mass is 16.6. The Labute approximate surface area is 92.9 Å². The Morgan fingerprint density at radius 1 is 1.00 bits per heavy atom. The van der Waals surface area contributed by atoms with E-state index in [2.05, 4.69) is 0 Å². The number of esters is 2. The summed E-state index contributed by atoms with van der Waals surface area (Å²) in [7, 11) is 0. The van der Waals surface area contributed by atoms with E-state index in [4.69, 9.17) is 14.6 Å². The summed E-state index contributed by atoms with van der Waals surface area (Å²) in [6.07, 6.45) is -3.39. The van der Waals surface area contributed by atoms with E-state index in [0.29, 0.717) is 0 Å². The number of carbonyl (C=O) groups is 3. The van der Waals surface area contributed by atoms with Gasteiger partial charge >= 0.3 is 18.0 Å². The maximum absolute atomic E-state index is 10.9. The zero-order valence-electron chi connectivity index (χ0n) is 9.59. The molecule has 2 atom stereocenters. The SMILES string of the molecule is CC(=O)OC(C)N(C(=O)O)C(C)OC(C)=O. The molecular formula is C9H15NO6. The number of ether oxygens (including phenoxy) is 2. The number of hydrogen-bond donors (Lipinski definition) is 1. The lowest BCUT2D eigenvalue weighted by Gasteiger charge is -2.30.